The lowest BCUT2D eigenvalue weighted by Gasteiger charge is -2.15. The highest BCUT2D eigenvalue weighted by molar-refractivity contribution is 9.09. The summed E-state index contributed by atoms with van der Waals surface area (Å²) in [4.78, 5) is 0.556. The number of rotatable bonds is 6. The van der Waals surface area contributed by atoms with E-state index in [1.54, 1.807) is 0 Å². The highest BCUT2D eigenvalue weighted by Gasteiger charge is 2.19. The summed E-state index contributed by atoms with van der Waals surface area (Å²) in [7, 11) is 0. The van der Waals surface area contributed by atoms with Gasteiger partial charge in [-0.25, -0.2) is 0 Å². The Bertz CT molecular complexity index is 335. The van der Waals surface area contributed by atoms with Gasteiger partial charge in [-0.15, -0.1) is 0 Å². The lowest BCUT2D eigenvalue weighted by atomic mass is 9.97. The van der Waals surface area contributed by atoms with E-state index in [2.05, 4.69) is 47.1 Å². The Labute approximate surface area is 120 Å². The number of hydrogen-bond donors (Lipinski definition) is 0. The molecule has 100 valence electrons. The van der Waals surface area contributed by atoms with Crippen LogP contribution in [0.2, 0.25) is 0 Å². The van der Waals surface area contributed by atoms with Crippen LogP contribution < -0.4 is 0 Å². The van der Waals surface area contributed by atoms with Gasteiger partial charge in [-0.1, -0.05) is 79.2 Å². The Morgan fingerprint density at radius 1 is 1.17 bits per heavy atom. The zero-order valence-electron chi connectivity index (χ0n) is 11.5. The summed E-state index contributed by atoms with van der Waals surface area (Å²) in [6.07, 6.45) is 10.9. The third-order valence-electron chi connectivity index (χ3n) is 4.18. The minimum atomic E-state index is 0.556. The summed E-state index contributed by atoms with van der Waals surface area (Å²) in [5.41, 5.74) is 2.95. The molecule has 0 N–H and O–H groups in total. The molecule has 1 aromatic rings. The molecule has 1 aliphatic rings. The SMILES string of the molecule is CCCCc1ccc(C(Br)CC2CCCC2)cc1. The summed E-state index contributed by atoms with van der Waals surface area (Å²) in [6.45, 7) is 2.25. The molecular weight excluding hydrogens is 284 g/mol. The zero-order valence-corrected chi connectivity index (χ0v) is 13.1. The van der Waals surface area contributed by atoms with E-state index < -0.39 is 0 Å². The molecule has 0 bridgehead atoms. The molecule has 0 heterocycles. The van der Waals surface area contributed by atoms with Gasteiger partial charge < -0.3 is 0 Å². The molecule has 0 nitrogen and oxygen atoms in total. The minimum Gasteiger partial charge on any atom is -0.0839 e. The highest BCUT2D eigenvalue weighted by Crippen LogP contribution is 2.37. The fourth-order valence-corrected chi connectivity index (χ4v) is 3.78. The molecule has 1 aromatic carbocycles. The topological polar surface area (TPSA) is 0 Å². The van der Waals surface area contributed by atoms with Gasteiger partial charge in [0.2, 0.25) is 0 Å². The van der Waals surface area contributed by atoms with Crippen molar-refractivity contribution in [2.75, 3.05) is 0 Å². The molecule has 1 heteroatoms. The third-order valence-corrected chi connectivity index (χ3v) is 5.08. The molecule has 18 heavy (non-hydrogen) atoms. The van der Waals surface area contributed by atoms with E-state index in [-0.39, 0.29) is 0 Å². The molecule has 1 aliphatic carbocycles. The van der Waals surface area contributed by atoms with E-state index in [1.807, 2.05) is 0 Å². The van der Waals surface area contributed by atoms with E-state index in [4.69, 9.17) is 0 Å². The van der Waals surface area contributed by atoms with E-state index in [0.29, 0.717) is 4.83 Å². The molecule has 1 saturated carbocycles. The van der Waals surface area contributed by atoms with Crippen LogP contribution in [0.25, 0.3) is 0 Å². The monoisotopic (exact) mass is 308 g/mol. The fraction of sp³-hybridized carbons (Fsp3) is 0.647. The highest BCUT2D eigenvalue weighted by atomic mass is 79.9. The Balaban J connectivity index is 1.87. The van der Waals surface area contributed by atoms with Crippen molar-refractivity contribution in [3.05, 3.63) is 35.4 Å². The van der Waals surface area contributed by atoms with Crippen molar-refractivity contribution in [3.8, 4) is 0 Å². The van der Waals surface area contributed by atoms with Crippen LogP contribution in [0, 0.1) is 5.92 Å². The number of alkyl halides is 1. The molecule has 0 aliphatic heterocycles. The maximum Gasteiger partial charge on any atom is 0.0397 e. The normalized spacial score (nSPS) is 18.1. The van der Waals surface area contributed by atoms with E-state index in [9.17, 15) is 0 Å². The Morgan fingerprint density at radius 2 is 1.83 bits per heavy atom. The Morgan fingerprint density at radius 3 is 2.44 bits per heavy atom. The summed E-state index contributed by atoms with van der Waals surface area (Å²) in [5, 5.41) is 0. The molecule has 0 radical (unpaired) electrons. The van der Waals surface area contributed by atoms with Gasteiger partial charge in [0, 0.05) is 4.83 Å². The van der Waals surface area contributed by atoms with Crippen LogP contribution in [0.5, 0.6) is 0 Å². The second-order valence-electron chi connectivity index (χ2n) is 5.70. The van der Waals surface area contributed by atoms with Crippen molar-refractivity contribution in [3.63, 3.8) is 0 Å². The van der Waals surface area contributed by atoms with Crippen LogP contribution in [0.15, 0.2) is 24.3 Å². The molecule has 0 spiro atoms. The molecule has 2 rings (SSSR count). The second-order valence-corrected chi connectivity index (χ2v) is 6.80. The van der Waals surface area contributed by atoms with Crippen molar-refractivity contribution in [1.82, 2.24) is 0 Å². The molecule has 0 aromatic heterocycles. The quantitative estimate of drug-likeness (QED) is 0.561. The fourth-order valence-electron chi connectivity index (χ4n) is 2.95. The predicted molar refractivity (Wildman–Crippen MR) is 83.3 cm³/mol. The first-order chi connectivity index (χ1) is 8.79. The Hall–Kier alpha value is -0.300. The minimum absolute atomic E-state index is 0.556. The average Bonchev–Trinajstić information content (AvgIpc) is 2.89. The number of hydrogen-bond acceptors (Lipinski definition) is 0. The summed E-state index contributed by atoms with van der Waals surface area (Å²) in [5.74, 6) is 0.953. The molecule has 1 fully saturated rings. The van der Waals surface area contributed by atoms with Crippen LogP contribution in [-0.4, -0.2) is 0 Å². The maximum absolute atomic E-state index is 3.87. The van der Waals surface area contributed by atoms with Gasteiger partial charge >= 0.3 is 0 Å². The van der Waals surface area contributed by atoms with E-state index in [1.165, 1.54) is 62.5 Å². The standard InChI is InChI=1S/C17H25Br/c1-2-3-6-14-9-11-16(12-10-14)17(18)13-15-7-4-5-8-15/h9-12,15,17H,2-8,13H2,1H3. The van der Waals surface area contributed by atoms with Gasteiger partial charge in [-0.3, -0.25) is 0 Å². The number of unbranched alkanes of at least 4 members (excludes halogenated alkanes) is 1. The average molecular weight is 309 g/mol. The maximum atomic E-state index is 3.87. The number of benzene rings is 1. The van der Waals surface area contributed by atoms with Crippen LogP contribution in [0.4, 0.5) is 0 Å². The van der Waals surface area contributed by atoms with E-state index in [0.717, 1.165) is 5.92 Å². The second kappa shape index (κ2) is 7.33. The van der Waals surface area contributed by atoms with Gasteiger partial charge in [0.15, 0.2) is 0 Å². The van der Waals surface area contributed by atoms with Gasteiger partial charge in [-0.2, -0.15) is 0 Å². The largest absolute Gasteiger partial charge is 0.0839 e. The lowest BCUT2D eigenvalue weighted by molar-refractivity contribution is 0.502. The Kier molecular flexibility index (Phi) is 5.75. The molecular formula is C17H25Br. The van der Waals surface area contributed by atoms with Crippen molar-refractivity contribution in [2.45, 2.75) is 63.1 Å². The van der Waals surface area contributed by atoms with Crippen molar-refractivity contribution in [1.29, 1.82) is 0 Å². The molecule has 1 unspecified atom stereocenters. The van der Waals surface area contributed by atoms with Crippen molar-refractivity contribution < 1.29 is 0 Å². The van der Waals surface area contributed by atoms with Crippen molar-refractivity contribution >= 4 is 15.9 Å². The van der Waals surface area contributed by atoms with E-state index >= 15 is 0 Å². The first-order valence-corrected chi connectivity index (χ1v) is 8.44. The number of halogens is 1. The summed E-state index contributed by atoms with van der Waals surface area (Å²) >= 11 is 3.87. The predicted octanol–water partition coefficient (Wildman–Crippen LogP) is 6.05. The first-order valence-electron chi connectivity index (χ1n) is 7.52. The molecule has 0 saturated heterocycles. The summed E-state index contributed by atoms with van der Waals surface area (Å²) < 4.78 is 0. The summed E-state index contributed by atoms with van der Waals surface area (Å²) in [6, 6.07) is 9.26. The molecule has 1 atom stereocenters. The van der Waals surface area contributed by atoms with Gasteiger partial charge in [0.1, 0.15) is 0 Å². The number of aryl methyl sites for hydroxylation is 1. The van der Waals surface area contributed by atoms with Crippen molar-refractivity contribution in [2.24, 2.45) is 5.92 Å². The molecule has 0 amide bonds. The van der Waals surface area contributed by atoms with Crippen LogP contribution in [0.1, 0.15) is 67.8 Å². The van der Waals surface area contributed by atoms with Crippen LogP contribution >= 0.6 is 15.9 Å². The smallest absolute Gasteiger partial charge is 0.0397 e. The van der Waals surface area contributed by atoms with Gasteiger partial charge in [0.25, 0.3) is 0 Å². The lowest BCUT2D eigenvalue weighted by Crippen LogP contribution is -1.99. The van der Waals surface area contributed by atoms with Crippen LogP contribution in [-0.2, 0) is 6.42 Å². The first kappa shape index (κ1) is 14.1. The van der Waals surface area contributed by atoms with Crippen LogP contribution in [0.3, 0.4) is 0 Å². The third kappa shape index (κ3) is 4.12. The van der Waals surface area contributed by atoms with Gasteiger partial charge in [0.05, 0.1) is 0 Å². The zero-order chi connectivity index (χ0) is 12.8. The van der Waals surface area contributed by atoms with Gasteiger partial charge in [-0.05, 0) is 36.3 Å².